The summed E-state index contributed by atoms with van der Waals surface area (Å²) in [4.78, 5) is 4.92. The highest BCUT2D eigenvalue weighted by atomic mass is 15.2. The van der Waals surface area contributed by atoms with E-state index in [4.69, 9.17) is 0 Å². The van der Waals surface area contributed by atoms with E-state index in [2.05, 4.69) is 533 Å². The number of hydrogen-bond acceptors (Lipinski definition) is 2. The molecule has 22 aromatic rings. The first-order valence-electron chi connectivity index (χ1n) is 46.6. The quantitative estimate of drug-likeness (QED) is 0.114. The zero-order valence-electron chi connectivity index (χ0n) is 74.9. The smallest absolute Gasteiger partial charge is 0.0742 e. The molecule has 0 N–H and O–H groups in total. The highest BCUT2D eigenvalue weighted by Gasteiger charge is 2.48. The van der Waals surface area contributed by atoms with Crippen LogP contribution in [0.3, 0.4) is 0 Å². The number of anilines is 6. The average molecular weight is 1700 g/mol. The van der Waals surface area contributed by atoms with Crippen molar-refractivity contribution in [2.75, 3.05) is 9.80 Å². The van der Waals surface area contributed by atoms with Gasteiger partial charge in [0.2, 0.25) is 0 Å². The fourth-order valence-electron chi connectivity index (χ4n) is 23.4. The minimum absolute atomic E-state index is 0.113. The maximum atomic E-state index is 2.53. The molecule has 0 radical (unpaired) electrons. The van der Waals surface area contributed by atoms with Crippen LogP contribution in [0.2, 0.25) is 0 Å². The number of fused-ring (bicyclic) bond motifs is 15. The summed E-state index contributed by atoms with van der Waals surface area (Å²) in [5.41, 5.74) is 44.6. The number of benzene rings is 20. The highest BCUT2D eigenvalue weighted by Crippen LogP contribution is 2.60. The number of hydrogen-bond donors (Lipinski definition) is 0. The predicted octanol–water partition coefficient (Wildman–Crippen LogP) is 33.5. The van der Waals surface area contributed by atoms with Crippen molar-refractivity contribution in [1.82, 2.24) is 9.13 Å². The summed E-state index contributed by atoms with van der Waals surface area (Å²) in [5.74, 6) is 0. The van der Waals surface area contributed by atoms with Gasteiger partial charge in [0.15, 0.2) is 0 Å². The van der Waals surface area contributed by atoms with Gasteiger partial charge in [-0.2, -0.15) is 0 Å². The van der Waals surface area contributed by atoms with Crippen molar-refractivity contribution in [3.8, 4) is 78.1 Å². The molecular formula is C129H94N4. The maximum absolute atomic E-state index is 2.53. The number of aromatic nitrogens is 2. The third kappa shape index (κ3) is 12.1. The molecule has 0 amide bonds. The van der Waals surface area contributed by atoms with Gasteiger partial charge in [-0.25, -0.2) is 0 Å². The van der Waals surface area contributed by atoms with E-state index in [1.807, 2.05) is 0 Å². The Kier molecular flexibility index (Phi) is 18.3. The maximum Gasteiger partial charge on any atom is 0.0742 e. The lowest BCUT2D eigenvalue weighted by Crippen LogP contribution is -2.35. The minimum Gasteiger partial charge on any atom is -0.310 e. The fraction of sp³-hybridized carbons (Fsp3) is 0.0698. The van der Waals surface area contributed by atoms with Crippen LogP contribution in [0.25, 0.3) is 122 Å². The molecule has 0 fully saturated rings. The van der Waals surface area contributed by atoms with Crippen molar-refractivity contribution in [3.63, 3.8) is 0 Å². The SMILES string of the molecule is CC1(C)c2cc(-c3ccccc3)ccc2N(c2ccc(-c3ccccc3)cc2)c2ccc(-c3ccc4c(c3)c3cccc5c3n4-c3ccccc3C5(c3ccccc3)c3ccccc3)cc21.Cc1cc(-c2ccc3c(c2)c2cccc4c2n3-c2ccccc2C4(c2ccccc2)c2ccccc2)ccc1N(c1ccc(-c2ccccc2)cc1)c1ccc2c(c1)C(C)(C)c1ccccc1-2. The van der Waals surface area contributed by atoms with Crippen LogP contribution >= 0.6 is 0 Å². The number of rotatable bonds is 13. The van der Waals surface area contributed by atoms with Gasteiger partial charge >= 0.3 is 0 Å². The Morgan fingerprint density at radius 3 is 1.02 bits per heavy atom. The topological polar surface area (TPSA) is 16.3 Å². The Morgan fingerprint density at radius 1 is 0.211 bits per heavy atom. The van der Waals surface area contributed by atoms with E-state index in [1.165, 1.54) is 205 Å². The van der Waals surface area contributed by atoms with Crippen molar-refractivity contribution in [2.24, 2.45) is 0 Å². The molecule has 5 heterocycles. The van der Waals surface area contributed by atoms with Gasteiger partial charge in [-0.3, -0.25) is 0 Å². The normalized spacial score (nSPS) is 14.0. The van der Waals surface area contributed by atoms with Gasteiger partial charge in [0, 0.05) is 55.1 Å². The Morgan fingerprint density at radius 2 is 0.549 bits per heavy atom. The molecule has 1 aliphatic carbocycles. The molecule has 0 saturated carbocycles. The molecule has 4 aliphatic rings. The molecule has 0 atom stereocenters. The predicted molar refractivity (Wildman–Crippen MR) is 556 cm³/mol. The van der Waals surface area contributed by atoms with E-state index in [0.29, 0.717) is 0 Å². The molecule has 0 spiro atoms. The van der Waals surface area contributed by atoms with Crippen molar-refractivity contribution in [1.29, 1.82) is 0 Å². The lowest BCUT2D eigenvalue weighted by atomic mass is 9.63. The summed E-state index contributed by atoms with van der Waals surface area (Å²) in [6.45, 7) is 11.8. The standard InChI is InChI=1S/C65H48N2.C64H46N2/c1-43-40-46(32-38-60(43)66(50-34-30-45(31-35-50)44-18-7-4-8-19-44)51-36-37-53-52-24-13-14-26-56(52)64(2,3)59(53)42-51)47-33-39-61-55(41-47)54-25-17-28-58-63(54)67(61)62-29-16-15-27-57(62)65(58,48-20-9-5-10-21-48)49-22-11-6-12-23-49;1-63(2)56-41-47(44-20-9-4-10-21-44)33-38-60(56)65(51-35-30-45(31-36-51)43-18-7-3-8-19-43)61-39-34-48(42-57(61)63)46-32-37-58-53(40-46)52-26-17-28-55-62(52)66(58)59-29-16-15-27-54(59)64(55,49-22-11-5-12-23-49)50-24-13-6-14-25-50/h4-42H,1-3H3;3-42H,1-2H3. The molecule has 630 valence electrons. The van der Waals surface area contributed by atoms with Crippen molar-refractivity contribution >= 4 is 77.7 Å². The Bertz CT molecular complexity index is 8260. The van der Waals surface area contributed by atoms with Gasteiger partial charge in [0.1, 0.15) is 0 Å². The summed E-state index contributed by atoms with van der Waals surface area (Å²) < 4.78 is 5.05. The van der Waals surface area contributed by atoms with Crippen LogP contribution in [0, 0.1) is 6.92 Å². The Hall–Kier alpha value is -16.4. The summed E-state index contributed by atoms with van der Waals surface area (Å²) >= 11 is 0. The third-order valence-electron chi connectivity index (χ3n) is 29.6. The van der Waals surface area contributed by atoms with Crippen LogP contribution in [0.4, 0.5) is 34.1 Å². The van der Waals surface area contributed by atoms with Gasteiger partial charge in [0.25, 0.3) is 0 Å². The monoisotopic (exact) mass is 1700 g/mol. The summed E-state index contributed by atoms with van der Waals surface area (Å²) in [6, 6.07) is 178. The molecule has 26 rings (SSSR count). The molecule has 133 heavy (non-hydrogen) atoms. The van der Waals surface area contributed by atoms with Gasteiger partial charge in [-0.15, -0.1) is 0 Å². The largest absolute Gasteiger partial charge is 0.310 e. The summed E-state index contributed by atoms with van der Waals surface area (Å²) in [7, 11) is 0. The molecule has 3 aliphatic heterocycles. The van der Waals surface area contributed by atoms with Gasteiger partial charge in [-0.1, -0.05) is 398 Å². The van der Waals surface area contributed by atoms with E-state index >= 15 is 0 Å². The molecule has 4 nitrogen and oxygen atoms in total. The number of para-hydroxylation sites is 4. The van der Waals surface area contributed by atoms with Crippen molar-refractivity contribution < 1.29 is 0 Å². The van der Waals surface area contributed by atoms with E-state index in [1.54, 1.807) is 0 Å². The van der Waals surface area contributed by atoms with Crippen LogP contribution in [-0.4, -0.2) is 9.13 Å². The fourth-order valence-corrected chi connectivity index (χ4v) is 23.4. The molecule has 0 bridgehead atoms. The molecule has 2 aromatic heterocycles. The highest BCUT2D eigenvalue weighted by molar-refractivity contribution is 6.15. The van der Waals surface area contributed by atoms with Crippen LogP contribution in [0.1, 0.15) is 100 Å². The summed E-state index contributed by atoms with van der Waals surface area (Å²) in [5, 5.41) is 5.04. The molecule has 0 unspecified atom stereocenters. The van der Waals surface area contributed by atoms with E-state index in [-0.39, 0.29) is 10.8 Å². The van der Waals surface area contributed by atoms with Crippen LogP contribution in [0.5, 0.6) is 0 Å². The lowest BCUT2D eigenvalue weighted by molar-refractivity contribution is 0.632. The molecule has 20 aromatic carbocycles. The first kappa shape index (κ1) is 78.8. The Labute approximate surface area is 777 Å². The molecule has 0 saturated heterocycles. The van der Waals surface area contributed by atoms with Crippen molar-refractivity contribution in [3.05, 3.63) is 552 Å². The molecule has 4 heteroatoms. The minimum atomic E-state index is -0.500. The zero-order valence-corrected chi connectivity index (χ0v) is 74.9. The third-order valence-corrected chi connectivity index (χ3v) is 29.6. The van der Waals surface area contributed by atoms with Gasteiger partial charge < -0.3 is 18.9 Å². The lowest BCUT2D eigenvalue weighted by Gasteiger charge is -2.42. The van der Waals surface area contributed by atoms with E-state index < -0.39 is 10.8 Å². The van der Waals surface area contributed by atoms with E-state index in [9.17, 15) is 0 Å². The van der Waals surface area contributed by atoms with Crippen LogP contribution in [-0.2, 0) is 21.7 Å². The van der Waals surface area contributed by atoms with E-state index in [0.717, 1.165) is 22.7 Å². The summed E-state index contributed by atoms with van der Waals surface area (Å²) in [6.07, 6.45) is 0. The zero-order chi connectivity index (χ0) is 88.8. The first-order valence-corrected chi connectivity index (χ1v) is 46.6. The molecular weight excluding hydrogens is 1610 g/mol. The number of aryl methyl sites for hydroxylation is 1. The van der Waals surface area contributed by atoms with Crippen LogP contribution < -0.4 is 9.80 Å². The number of nitrogens with zero attached hydrogens (tertiary/aromatic N) is 4. The Balaban J connectivity index is 0.000000143. The van der Waals surface area contributed by atoms with Crippen LogP contribution in [0.15, 0.2) is 479 Å². The second-order valence-electron chi connectivity index (χ2n) is 37.4. The average Bonchev–Trinajstić information content (AvgIpc) is 1.58. The second kappa shape index (κ2) is 30.9. The van der Waals surface area contributed by atoms with Gasteiger partial charge in [-0.05, 0) is 255 Å². The van der Waals surface area contributed by atoms with Gasteiger partial charge in [0.05, 0.1) is 55.6 Å². The van der Waals surface area contributed by atoms with Crippen molar-refractivity contribution in [2.45, 2.75) is 56.3 Å². The second-order valence-corrected chi connectivity index (χ2v) is 37.4. The first-order chi connectivity index (χ1) is 65.4.